The number of hydrogen-bond acceptors (Lipinski definition) is 4. The van der Waals surface area contributed by atoms with Gasteiger partial charge in [0, 0.05) is 18.1 Å². The fourth-order valence-corrected chi connectivity index (χ4v) is 2.85. The quantitative estimate of drug-likeness (QED) is 0.787. The molecule has 5 nitrogen and oxygen atoms in total. The van der Waals surface area contributed by atoms with Gasteiger partial charge in [-0.3, -0.25) is 9.48 Å². The van der Waals surface area contributed by atoms with Gasteiger partial charge in [0.2, 0.25) is 0 Å². The normalized spacial score (nSPS) is 10.6. The maximum atomic E-state index is 12.2. The zero-order valence-electron chi connectivity index (χ0n) is 12.2. The van der Waals surface area contributed by atoms with Crippen molar-refractivity contribution in [3.8, 4) is 0 Å². The minimum atomic E-state index is -0.117. The average molecular weight is 312 g/mol. The first-order valence-corrected chi connectivity index (χ1v) is 7.88. The molecule has 0 spiro atoms. The van der Waals surface area contributed by atoms with Crippen molar-refractivity contribution in [2.75, 3.05) is 5.32 Å². The molecule has 112 valence electrons. The minimum absolute atomic E-state index is 0.117. The second kappa shape index (κ2) is 6.53. The zero-order valence-corrected chi connectivity index (χ0v) is 13.0. The third-order valence-corrected chi connectivity index (χ3v) is 4.31. The second-order valence-corrected chi connectivity index (χ2v) is 5.95. The summed E-state index contributed by atoms with van der Waals surface area (Å²) in [6.07, 6.45) is 6.14. The first-order valence-electron chi connectivity index (χ1n) is 7.07. The lowest BCUT2D eigenvalue weighted by molar-refractivity contribution is 0.103. The number of aromatic nitrogens is 3. The Morgan fingerprint density at radius 3 is 3.00 bits per heavy atom. The number of nitrogens with one attached hydrogen (secondary N) is 1. The lowest BCUT2D eigenvalue weighted by Gasteiger charge is -2.07. The molecule has 1 amide bonds. The van der Waals surface area contributed by atoms with E-state index in [0.29, 0.717) is 11.4 Å². The highest BCUT2D eigenvalue weighted by Gasteiger charge is 2.10. The van der Waals surface area contributed by atoms with Gasteiger partial charge in [0.05, 0.1) is 17.7 Å². The highest BCUT2D eigenvalue weighted by molar-refractivity contribution is 7.13. The Bertz CT molecular complexity index is 764. The summed E-state index contributed by atoms with van der Waals surface area (Å²) in [4.78, 5) is 17.1. The molecule has 0 radical (unpaired) electrons. The molecule has 1 N–H and O–H groups in total. The van der Waals surface area contributed by atoms with Gasteiger partial charge in [-0.15, -0.1) is 11.3 Å². The molecule has 0 aliphatic carbocycles. The van der Waals surface area contributed by atoms with Crippen molar-refractivity contribution in [1.29, 1.82) is 0 Å². The van der Waals surface area contributed by atoms with Crippen LogP contribution in [0.5, 0.6) is 0 Å². The lowest BCUT2D eigenvalue weighted by atomic mass is 10.2. The van der Waals surface area contributed by atoms with Crippen LogP contribution in [0.2, 0.25) is 0 Å². The molecule has 0 fully saturated rings. The van der Waals surface area contributed by atoms with Gasteiger partial charge < -0.3 is 5.32 Å². The molecule has 0 unspecified atom stereocenters. The Kier molecular flexibility index (Phi) is 4.29. The number of hydrogen-bond donors (Lipinski definition) is 1. The van der Waals surface area contributed by atoms with Crippen LogP contribution >= 0.6 is 11.3 Å². The summed E-state index contributed by atoms with van der Waals surface area (Å²) in [5.41, 5.74) is 1.86. The number of rotatable bonds is 5. The molecule has 0 atom stereocenters. The van der Waals surface area contributed by atoms with Crippen LogP contribution in [-0.2, 0) is 13.0 Å². The number of nitrogens with zero attached hydrogens (tertiary/aromatic N) is 3. The number of carbonyl (C=O) groups excluding carboxylic acids is 1. The molecule has 6 heteroatoms. The third-order valence-electron chi connectivity index (χ3n) is 3.17. The Morgan fingerprint density at radius 2 is 2.27 bits per heavy atom. The van der Waals surface area contributed by atoms with E-state index in [9.17, 15) is 4.79 Å². The summed E-state index contributed by atoms with van der Waals surface area (Å²) in [6.45, 7) is 2.70. The molecular formula is C16H16N4OS. The SMILES string of the molecule is CCc1ncc(C(=O)Nc2cccc(Cn3cccn3)c2)s1. The number of carbonyl (C=O) groups is 1. The summed E-state index contributed by atoms with van der Waals surface area (Å²) in [7, 11) is 0. The van der Waals surface area contributed by atoms with Crippen molar-refractivity contribution in [3.05, 3.63) is 64.4 Å². The minimum Gasteiger partial charge on any atom is -0.321 e. The van der Waals surface area contributed by atoms with Crippen molar-refractivity contribution >= 4 is 22.9 Å². The highest BCUT2D eigenvalue weighted by atomic mass is 32.1. The van der Waals surface area contributed by atoms with Gasteiger partial charge in [0.15, 0.2) is 0 Å². The number of benzene rings is 1. The standard InChI is InChI=1S/C16H16N4OS/c1-2-15-17-10-14(22-15)16(21)19-13-6-3-5-12(9-13)11-20-8-4-7-18-20/h3-10H,2,11H2,1H3,(H,19,21). The summed E-state index contributed by atoms with van der Waals surface area (Å²) in [6, 6.07) is 9.67. The van der Waals surface area contributed by atoms with Crippen LogP contribution in [0.4, 0.5) is 5.69 Å². The molecule has 1 aromatic carbocycles. The summed E-state index contributed by atoms with van der Waals surface area (Å²) in [5, 5.41) is 8.07. The number of aryl methyl sites for hydroxylation is 1. The smallest absolute Gasteiger partial charge is 0.267 e. The van der Waals surface area contributed by atoms with Crippen LogP contribution in [0.1, 0.15) is 27.2 Å². The fourth-order valence-electron chi connectivity index (χ4n) is 2.10. The molecule has 3 rings (SSSR count). The Labute approximate surface area is 132 Å². The average Bonchev–Trinajstić information content (AvgIpc) is 3.18. The topological polar surface area (TPSA) is 59.8 Å². The summed E-state index contributed by atoms with van der Waals surface area (Å²) in [5.74, 6) is -0.117. The van der Waals surface area contributed by atoms with E-state index in [0.717, 1.165) is 22.7 Å². The fraction of sp³-hybridized carbons (Fsp3) is 0.188. The number of thiazole rings is 1. The van der Waals surface area contributed by atoms with E-state index in [1.165, 1.54) is 11.3 Å². The predicted molar refractivity (Wildman–Crippen MR) is 87.2 cm³/mol. The highest BCUT2D eigenvalue weighted by Crippen LogP contribution is 2.17. The van der Waals surface area contributed by atoms with E-state index in [2.05, 4.69) is 15.4 Å². The van der Waals surface area contributed by atoms with Gasteiger partial charge >= 0.3 is 0 Å². The maximum absolute atomic E-state index is 12.2. The third kappa shape index (κ3) is 3.40. The van der Waals surface area contributed by atoms with E-state index < -0.39 is 0 Å². The maximum Gasteiger partial charge on any atom is 0.267 e. The van der Waals surface area contributed by atoms with Crippen LogP contribution in [-0.4, -0.2) is 20.7 Å². The van der Waals surface area contributed by atoms with Crippen molar-refractivity contribution in [2.24, 2.45) is 0 Å². The van der Waals surface area contributed by atoms with Gasteiger partial charge in [-0.2, -0.15) is 5.10 Å². The van der Waals surface area contributed by atoms with Crippen molar-refractivity contribution in [3.63, 3.8) is 0 Å². The molecule has 2 heterocycles. The van der Waals surface area contributed by atoms with Crippen molar-refractivity contribution in [2.45, 2.75) is 19.9 Å². The van der Waals surface area contributed by atoms with Crippen molar-refractivity contribution < 1.29 is 4.79 Å². The zero-order chi connectivity index (χ0) is 15.4. The number of anilines is 1. The lowest BCUT2D eigenvalue weighted by Crippen LogP contribution is -2.10. The monoisotopic (exact) mass is 312 g/mol. The molecule has 0 bridgehead atoms. The van der Waals surface area contributed by atoms with Gasteiger partial charge in [-0.1, -0.05) is 19.1 Å². The van der Waals surface area contributed by atoms with Crippen LogP contribution < -0.4 is 5.32 Å². The van der Waals surface area contributed by atoms with E-state index in [4.69, 9.17) is 0 Å². The summed E-state index contributed by atoms with van der Waals surface area (Å²) >= 11 is 1.43. The van der Waals surface area contributed by atoms with Gasteiger partial charge in [-0.25, -0.2) is 4.98 Å². The van der Waals surface area contributed by atoms with Crippen LogP contribution in [0.3, 0.4) is 0 Å². The second-order valence-electron chi connectivity index (χ2n) is 4.83. The molecule has 0 saturated heterocycles. The van der Waals surface area contributed by atoms with Gasteiger partial charge in [0.25, 0.3) is 5.91 Å². The Balaban J connectivity index is 1.70. The van der Waals surface area contributed by atoms with E-state index in [1.54, 1.807) is 12.4 Å². The Morgan fingerprint density at radius 1 is 1.36 bits per heavy atom. The van der Waals surface area contributed by atoms with Crippen LogP contribution in [0, 0.1) is 0 Å². The molecule has 0 saturated carbocycles. The van der Waals surface area contributed by atoms with Crippen molar-refractivity contribution in [1.82, 2.24) is 14.8 Å². The predicted octanol–water partition coefficient (Wildman–Crippen LogP) is 3.20. The van der Waals surface area contributed by atoms with Gasteiger partial charge in [0.1, 0.15) is 4.88 Å². The molecular weight excluding hydrogens is 296 g/mol. The molecule has 2 aromatic heterocycles. The molecule has 22 heavy (non-hydrogen) atoms. The molecule has 3 aromatic rings. The first kappa shape index (κ1) is 14.5. The van der Waals surface area contributed by atoms with E-state index in [1.807, 2.05) is 48.1 Å². The van der Waals surface area contributed by atoms with E-state index >= 15 is 0 Å². The van der Waals surface area contributed by atoms with Crippen LogP contribution in [0.25, 0.3) is 0 Å². The Hall–Kier alpha value is -2.47. The molecule has 0 aliphatic heterocycles. The van der Waals surface area contributed by atoms with Gasteiger partial charge in [-0.05, 0) is 30.2 Å². The first-order chi connectivity index (χ1) is 10.7. The van der Waals surface area contributed by atoms with E-state index in [-0.39, 0.29) is 5.91 Å². The largest absolute Gasteiger partial charge is 0.321 e. The van der Waals surface area contributed by atoms with Crippen LogP contribution in [0.15, 0.2) is 48.9 Å². The number of amides is 1. The summed E-state index contributed by atoms with van der Waals surface area (Å²) < 4.78 is 1.84. The molecule has 0 aliphatic rings.